The summed E-state index contributed by atoms with van der Waals surface area (Å²) in [5.41, 5.74) is 7.66. The average molecular weight is 337 g/mol. The minimum atomic E-state index is -1.11. The van der Waals surface area contributed by atoms with Gasteiger partial charge in [0.15, 0.2) is 0 Å². The van der Waals surface area contributed by atoms with Crippen LogP contribution in [0.1, 0.15) is 21.3 Å². The Kier molecular flexibility index (Phi) is 4.72. The van der Waals surface area contributed by atoms with Gasteiger partial charge in [-0.3, -0.25) is 4.79 Å². The SMILES string of the molecule is NC(=O)C(OC(=O)c1sccc1-c1ccccc1)c1ccccc1. The zero-order valence-electron chi connectivity index (χ0n) is 12.7. The fourth-order valence-corrected chi connectivity index (χ4v) is 3.19. The number of esters is 1. The molecule has 0 bridgehead atoms. The topological polar surface area (TPSA) is 69.4 Å². The van der Waals surface area contributed by atoms with Gasteiger partial charge in [0.25, 0.3) is 5.91 Å². The van der Waals surface area contributed by atoms with Crippen LogP contribution in [0.3, 0.4) is 0 Å². The number of rotatable bonds is 5. The molecule has 0 radical (unpaired) electrons. The van der Waals surface area contributed by atoms with E-state index >= 15 is 0 Å². The number of carbonyl (C=O) groups is 2. The Morgan fingerprint density at radius 1 is 0.917 bits per heavy atom. The first-order valence-electron chi connectivity index (χ1n) is 7.35. The van der Waals surface area contributed by atoms with Gasteiger partial charge in [0.1, 0.15) is 4.88 Å². The van der Waals surface area contributed by atoms with E-state index in [0.29, 0.717) is 10.4 Å². The van der Waals surface area contributed by atoms with E-state index in [0.717, 1.165) is 11.1 Å². The zero-order chi connectivity index (χ0) is 16.9. The molecule has 1 atom stereocenters. The lowest BCUT2D eigenvalue weighted by Gasteiger charge is -2.15. The number of amides is 1. The minimum Gasteiger partial charge on any atom is -0.443 e. The summed E-state index contributed by atoms with van der Waals surface area (Å²) in [4.78, 5) is 24.7. The van der Waals surface area contributed by atoms with Crippen LogP contribution >= 0.6 is 11.3 Å². The molecule has 5 heteroatoms. The van der Waals surface area contributed by atoms with Crippen LogP contribution in [0.4, 0.5) is 0 Å². The number of primary amides is 1. The highest BCUT2D eigenvalue weighted by molar-refractivity contribution is 7.12. The van der Waals surface area contributed by atoms with Crippen molar-refractivity contribution in [3.05, 3.63) is 82.6 Å². The van der Waals surface area contributed by atoms with E-state index in [1.165, 1.54) is 11.3 Å². The number of carbonyl (C=O) groups excluding carboxylic acids is 2. The van der Waals surface area contributed by atoms with Crippen LogP contribution in [0.15, 0.2) is 72.1 Å². The molecular weight excluding hydrogens is 322 g/mol. The fraction of sp³-hybridized carbons (Fsp3) is 0.0526. The average Bonchev–Trinajstić information content (AvgIpc) is 3.10. The number of nitrogens with two attached hydrogens (primary N) is 1. The van der Waals surface area contributed by atoms with Gasteiger partial charge in [0.05, 0.1) is 0 Å². The first kappa shape index (κ1) is 16.0. The van der Waals surface area contributed by atoms with Gasteiger partial charge in [-0.25, -0.2) is 4.79 Å². The van der Waals surface area contributed by atoms with Gasteiger partial charge in [-0.15, -0.1) is 11.3 Å². The van der Waals surface area contributed by atoms with Gasteiger partial charge < -0.3 is 10.5 Å². The van der Waals surface area contributed by atoms with Gasteiger partial charge in [0, 0.05) is 11.1 Å². The summed E-state index contributed by atoms with van der Waals surface area (Å²) in [6, 6.07) is 20.2. The van der Waals surface area contributed by atoms with Gasteiger partial charge in [-0.1, -0.05) is 60.7 Å². The molecule has 0 aliphatic carbocycles. The van der Waals surface area contributed by atoms with Crippen LogP contribution in [0.2, 0.25) is 0 Å². The Balaban J connectivity index is 1.88. The molecule has 120 valence electrons. The van der Waals surface area contributed by atoms with Crippen LogP contribution in [0.25, 0.3) is 11.1 Å². The highest BCUT2D eigenvalue weighted by atomic mass is 32.1. The van der Waals surface area contributed by atoms with Gasteiger partial charge >= 0.3 is 5.97 Å². The summed E-state index contributed by atoms with van der Waals surface area (Å²) < 4.78 is 5.40. The Labute approximate surface area is 143 Å². The molecule has 0 aliphatic heterocycles. The number of hydrogen-bond acceptors (Lipinski definition) is 4. The maximum atomic E-state index is 12.6. The van der Waals surface area contributed by atoms with Crippen molar-refractivity contribution < 1.29 is 14.3 Å². The van der Waals surface area contributed by atoms with Crippen molar-refractivity contribution in [3.8, 4) is 11.1 Å². The summed E-state index contributed by atoms with van der Waals surface area (Å²) in [5.74, 6) is -1.26. The van der Waals surface area contributed by atoms with Crippen LogP contribution < -0.4 is 5.73 Å². The molecule has 0 spiro atoms. The smallest absolute Gasteiger partial charge is 0.350 e. The second kappa shape index (κ2) is 7.10. The number of ether oxygens (including phenoxy) is 1. The third-order valence-corrected chi connectivity index (χ3v) is 4.42. The van der Waals surface area contributed by atoms with Gasteiger partial charge in [-0.2, -0.15) is 0 Å². The third-order valence-electron chi connectivity index (χ3n) is 3.52. The molecule has 0 aliphatic rings. The second-order valence-corrected chi connectivity index (χ2v) is 6.04. The monoisotopic (exact) mass is 337 g/mol. The minimum absolute atomic E-state index is 0.448. The molecule has 0 saturated heterocycles. The predicted octanol–water partition coefficient (Wildman–Crippen LogP) is 3.80. The Morgan fingerprint density at radius 2 is 1.54 bits per heavy atom. The summed E-state index contributed by atoms with van der Waals surface area (Å²) in [5, 5.41) is 1.82. The van der Waals surface area contributed by atoms with Gasteiger partial charge in [-0.05, 0) is 17.0 Å². The highest BCUT2D eigenvalue weighted by Crippen LogP contribution is 2.30. The van der Waals surface area contributed by atoms with Crippen molar-refractivity contribution in [1.82, 2.24) is 0 Å². The molecule has 2 aromatic carbocycles. The normalized spacial score (nSPS) is 11.7. The Bertz CT molecular complexity index is 843. The first-order valence-corrected chi connectivity index (χ1v) is 8.23. The number of hydrogen-bond donors (Lipinski definition) is 1. The highest BCUT2D eigenvalue weighted by Gasteiger charge is 2.25. The molecule has 0 saturated carbocycles. The standard InChI is InChI=1S/C19H15NO3S/c20-18(21)16(14-9-5-2-6-10-14)23-19(22)17-15(11-12-24-17)13-7-3-1-4-8-13/h1-12,16H,(H2,20,21). The van der Waals surface area contributed by atoms with Crippen molar-refractivity contribution in [3.63, 3.8) is 0 Å². The van der Waals surface area contributed by atoms with E-state index in [1.807, 2.05) is 47.8 Å². The van der Waals surface area contributed by atoms with E-state index in [1.54, 1.807) is 24.3 Å². The van der Waals surface area contributed by atoms with E-state index < -0.39 is 18.0 Å². The Morgan fingerprint density at radius 3 is 2.17 bits per heavy atom. The lowest BCUT2D eigenvalue weighted by atomic mass is 10.1. The quantitative estimate of drug-likeness (QED) is 0.720. The molecule has 1 heterocycles. The number of thiophene rings is 1. The summed E-state index contributed by atoms with van der Waals surface area (Å²) in [6.07, 6.45) is -1.11. The lowest BCUT2D eigenvalue weighted by molar-refractivity contribution is -0.127. The third kappa shape index (κ3) is 3.36. The van der Waals surface area contributed by atoms with Crippen molar-refractivity contribution >= 4 is 23.2 Å². The summed E-state index contributed by atoms with van der Waals surface area (Å²) in [7, 11) is 0. The lowest BCUT2D eigenvalue weighted by Crippen LogP contribution is -2.26. The molecule has 1 amide bonds. The van der Waals surface area contributed by atoms with E-state index in [2.05, 4.69) is 0 Å². The summed E-state index contributed by atoms with van der Waals surface area (Å²) in [6.45, 7) is 0. The van der Waals surface area contributed by atoms with E-state index in [4.69, 9.17) is 10.5 Å². The molecule has 4 nitrogen and oxygen atoms in total. The van der Waals surface area contributed by atoms with Crippen LogP contribution in [0, 0.1) is 0 Å². The van der Waals surface area contributed by atoms with Crippen molar-refractivity contribution in [1.29, 1.82) is 0 Å². The maximum Gasteiger partial charge on any atom is 0.350 e. The Hall–Kier alpha value is -2.92. The fourth-order valence-electron chi connectivity index (χ4n) is 2.39. The van der Waals surface area contributed by atoms with Crippen molar-refractivity contribution in [2.24, 2.45) is 5.73 Å². The predicted molar refractivity (Wildman–Crippen MR) is 93.5 cm³/mol. The van der Waals surface area contributed by atoms with Gasteiger partial charge in [0.2, 0.25) is 6.10 Å². The van der Waals surface area contributed by atoms with Crippen molar-refractivity contribution in [2.75, 3.05) is 0 Å². The second-order valence-electron chi connectivity index (χ2n) is 5.13. The van der Waals surface area contributed by atoms with Crippen LogP contribution in [-0.4, -0.2) is 11.9 Å². The molecule has 0 fully saturated rings. The van der Waals surface area contributed by atoms with E-state index in [9.17, 15) is 9.59 Å². The molecular formula is C19H15NO3S. The molecule has 3 aromatic rings. The molecule has 3 rings (SSSR count). The van der Waals surface area contributed by atoms with Crippen LogP contribution in [0.5, 0.6) is 0 Å². The first-order chi connectivity index (χ1) is 11.7. The maximum absolute atomic E-state index is 12.6. The van der Waals surface area contributed by atoms with E-state index in [-0.39, 0.29) is 0 Å². The molecule has 2 N–H and O–H groups in total. The molecule has 24 heavy (non-hydrogen) atoms. The van der Waals surface area contributed by atoms with Crippen molar-refractivity contribution in [2.45, 2.75) is 6.10 Å². The number of benzene rings is 2. The zero-order valence-corrected chi connectivity index (χ0v) is 13.5. The van der Waals surface area contributed by atoms with Crippen LogP contribution in [-0.2, 0) is 9.53 Å². The summed E-state index contributed by atoms with van der Waals surface area (Å²) >= 11 is 1.27. The molecule has 1 aromatic heterocycles. The molecule has 1 unspecified atom stereocenters. The largest absolute Gasteiger partial charge is 0.443 e.